The lowest BCUT2D eigenvalue weighted by Crippen LogP contribution is -2.38. The largest absolute Gasteiger partial charge is 0.491 e. The average molecular weight is 490 g/mol. The minimum Gasteiger partial charge on any atom is -0.491 e. The highest BCUT2D eigenvalue weighted by Crippen LogP contribution is 2.28. The number of halogens is 1. The second kappa shape index (κ2) is 10.6. The summed E-state index contributed by atoms with van der Waals surface area (Å²) in [7, 11) is 0. The molecule has 1 amide bonds. The van der Waals surface area contributed by atoms with Crippen LogP contribution >= 0.6 is 11.6 Å². The number of ketones is 1. The van der Waals surface area contributed by atoms with Crippen molar-refractivity contribution in [1.29, 1.82) is 0 Å². The molecule has 1 atom stereocenters. The Bertz CT molecular complexity index is 1220. The number of piperidine rings is 1. The number of likely N-dealkylation sites (tertiary alicyclic amines) is 1. The number of hydrogen-bond donors (Lipinski definition) is 0. The Morgan fingerprint density at radius 1 is 1.06 bits per heavy atom. The summed E-state index contributed by atoms with van der Waals surface area (Å²) in [5.41, 5.74) is 3.41. The van der Waals surface area contributed by atoms with Crippen LogP contribution in [0.25, 0.3) is 0 Å². The van der Waals surface area contributed by atoms with Gasteiger partial charge in [0.2, 0.25) is 0 Å². The molecule has 1 unspecified atom stereocenters. The molecular formula is C28H28ClN3O3. The van der Waals surface area contributed by atoms with Crippen LogP contribution in [0.4, 0.5) is 0 Å². The second-order valence-corrected chi connectivity index (χ2v) is 9.64. The number of hydrogen-bond acceptors (Lipinski definition) is 5. The van der Waals surface area contributed by atoms with E-state index in [2.05, 4.69) is 22.0 Å². The highest BCUT2D eigenvalue weighted by atomic mass is 35.5. The molecule has 0 spiro atoms. The van der Waals surface area contributed by atoms with Crippen molar-refractivity contribution in [2.24, 2.45) is 5.92 Å². The zero-order chi connectivity index (χ0) is 24.2. The quantitative estimate of drug-likeness (QED) is 0.479. The highest BCUT2D eigenvalue weighted by molar-refractivity contribution is 6.30. The molecular weight excluding hydrogens is 462 g/mol. The lowest BCUT2D eigenvalue weighted by Gasteiger charge is -2.32. The number of ether oxygens (including phenoxy) is 1. The van der Waals surface area contributed by atoms with Crippen molar-refractivity contribution in [2.75, 3.05) is 26.2 Å². The van der Waals surface area contributed by atoms with Gasteiger partial charge in [-0.05, 0) is 67.4 Å². The molecule has 1 fully saturated rings. The SMILES string of the molecule is O=C(c1cccnc1)C1CCCN(Cc2ccc3c(c2)CN(C(=O)c2cccc(Cl)c2)CCO3)C1. The molecule has 2 aromatic carbocycles. The molecule has 0 radical (unpaired) electrons. The van der Waals surface area contributed by atoms with Gasteiger partial charge in [0.25, 0.3) is 5.91 Å². The van der Waals surface area contributed by atoms with E-state index in [1.54, 1.807) is 36.7 Å². The Kier molecular flexibility index (Phi) is 7.11. The van der Waals surface area contributed by atoms with E-state index in [0.717, 1.165) is 49.4 Å². The highest BCUT2D eigenvalue weighted by Gasteiger charge is 2.27. The van der Waals surface area contributed by atoms with Crippen LogP contribution in [0.15, 0.2) is 67.0 Å². The number of carbonyl (C=O) groups excluding carboxylic acids is 2. The van der Waals surface area contributed by atoms with E-state index in [0.29, 0.717) is 35.8 Å². The van der Waals surface area contributed by atoms with Crippen LogP contribution in [-0.2, 0) is 13.1 Å². The van der Waals surface area contributed by atoms with Crippen LogP contribution in [0.2, 0.25) is 5.02 Å². The first kappa shape index (κ1) is 23.5. The molecule has 0 saturated carbocycles. The number of fused-ring (bicyclic) bond motifs is 1. The second-order valence-electron chi connectivity index (χ2n) is 9.21. The summed E-state index contributed by atoms with van der Waals surface area (Å²) >= 11 is 6.09. The average Bonchev–Trinajstić information content (AvgIpc) is 3.10. The van der Waals surface area contributed by atoms with Crippen molar-refractivity contribution in [2.45, 2.75) is 25.9 Å². The van der Waals surface area contributed by atoms with E-state index < -0.39 is 0 Å². The maximum absolute atomic E-state index is 13.1. The van der Waals surface area contributed by atoms with E-state index in [9.17, 15) is 9.59 Å². The predicted octanol–water partition coefficient (Wildman–Crippen LogP) is 4.86. The van der Waals surface area contributed by atoms with Gasteiger partial charge in [0.1, 0.15) is 12.4 Å². The maximum atomic E-state index is 13.1. The summed E-state index contributed by atoms with van der Waals surface area (Å²) in [6.45, 7) is 3.90. The zero-order valence-electron chi connectivity index (χ0n) is 19.5. The lowest BCUT2D eigenvalue weighted by atomic mass is 9.90. The summed E-state index contributed by atoms with van der Waals surface area (Å²) < 4.78 is 5.95. The van der Waals surface area contributed by atoms with Gasteiger partial charge in [0.15, 0.2) is 5.78 Å². The number of carbonyl (C=O) groups is 2. The topological polar surface area (TPSA) is 62.7 Å². The molecule has 1 aromatic heterocycles. The third-order valence-corrected chi connectivity index (χ3v) is 6.93. The number of nitrogens with zero attached hydrogens (tertiary/aromatic N) is 3. The first-order valence-corrected chi connectivity index (χ1v) is 12.4. The van der Waals surface area contributed by atoms with Crippen LogP contribution in [0.1, 0.15) is 44.7 Å². The normalized spacial score (nSPS) is 18.3. The van der Waals surface area contributed by atoms with E-state index >= 15 is 0 Å². The van der Waals surface area contributed by atoms with E-state index in [4.69, 9.17) is 16.3 Å². The van der Waals surface area contributed by atoms with Gasteiger partial charge in [-0.15, -0.1) is 0 Å². The third kappa shape index (κ3) is 5.55. The molecule has 5 rings (SSSR count). The Morgan fingerprint density at radius 3 is 2.77 bits per heavy atom. The minimum absolute atomic E-state index is 0.0112. The lowest BCUT2D eigenvalue weighted by molar-refractivity contribution is 0.0733. The Labute approximate surface area is 210 Å². The van der Waals surface area contributed by atoms with Crippen molar-refractivity contribution >= 4 is 23.3 Å². The summed E-state index contributed by atoms with van der Waals surface area (Å²) in [5, 5.41) is 0.548. The number of pyridine rings is 1. The molecule has 1 saturated heterocycles. The van der Waals surface area contributed by atoms with Crippen LogP contribution in [0, 0.1) is 5.92 Å². The first-order valence-electron chi connectivity index (χ1n) is 12.0. The fourth-order valence-corrected chi connectivity index (χ4v) is 5.13. The summed E-state index contributed by atoms with van der Waals surface area (Å²) in [5.74, 6) is 0.928. The third-order valence-electron chi connectivity index (χ3n) is 6.69. The molecule has 35 heavy (non-hydrogen) atoms. The molecule has 0 bridgehead atoms. The van der Waals surface area contributed by atoms with Gasteiger partial charge in [0, 0.05) is 59.7 Å². The van der Waals surface area contributed by atoms with E-state index in [1.165, 1.54) is 0 Å². The molecule has 2 aliphatic rings. The Morgan fingerprint density at radius 2 is 1.94 bits per heavy atom. The Hall–Kier alpha value is -3.22. The molecule has 0 aliphatic carbocycles. The number of aromatic nitrogens is 1. The predicted molar refractivity (Wildman–Crippen MR) is 135 cm³/mol. The maximum Gasteiger partial charge on any atom is 0.254 e. The van der Waals surface area contributed by atoms with Gasteiger partial charge in [-0.1, -0.05) is 23.7 Å². The molecule has 3 aromatic rings. The Balaban J connectivity index is 1.28. The van der Waals surface area contributed by atoms with Crippen molar-refractivity contribution in [3.63, 3.8) is 0 Å². The number of Topliss-reactive ketones (excluding diaryl/α,β-unsaturated/α-hetero) is 1. The fourth-order valence-electron chi connectivity index (χ4n) is 4.94. The monoisotopic (exact) mass is 489 g/mol. The molecule has 2 aliphatic heterocycles. The van der Waals surface area contributed by atoms with Gasteiger partial charge in [0.05, 0.1) is 6.54 Å². The van der Waals surface area contributed by atoms with Crippen molar-refractivity contribution < 1.29 is 14.3 Å². The van der Waals surface area contributed by atoms with E-state index in [-0.39, 0.29) is 17.6 Å². The van der Waals surface area contributed by atoms with Crippen molar-refractivity contribution in [3.8, 4) is 5.75 Å². The minimum atomic E-state index is -0.0536. The smallest absolute Gasteiger partial charge is 0.254 e. The fraction of sp³-hybridized carbons (Fsp3) is 0.321. The first-order chi connectivity index (χ1) is 17.1. The molecule has 7 heteroatoms. The molecule has 0 N–H and O–H groups in total. The number of amides is 1. The van der Waals surface area contributed by atoms with Crippen LogP contribution in [-0.4, -0.2) is 52.7 Å². The zero-order valence-corrected chi connectivity index (χ0v) is 20.3. The number of benzene rings is 2. The van der Waals surface area contributed by atoms with Crippen LogP contribution < -0.4 is 4.74 Å². The van der Waals surface area contributed by atoms with Crippen LogP contribution in [0.3, 0.4) is 0 Å². The summed E-state index contributed by atoms with van der Waals surface area (Å²) in [4.78, 5) is 34.3. The van der Waals surface area contributed by atoms with Gasteiger partial charge >= 0.3 is 0 Å². The van der Waals surface area contributed by atoms with Gasteiger partial charge in [-0.25, -0.2) is 0 Å². The van der Waals surface area contributed by atoms with Crippen LogP contribution in [0.5, 0.6) is 5.75 Å². The standard InChI is InChI=1S/C28H28ClN3O3/c29-25-7-1-4-21(15-25)28(34)32-12-13-35-26-9-8-20(14-24(26)19-32)17-31-11-3-6-23(18-31)27(33)22-5-2-10-30-16-22/h1-2,4-5,7-10,14-16,23H,3,6,11-13,17-19H2. The molecule has 180 valence electrons. The van der Waals surface area contributed by atoms with Gasteiger partial charge < -0.3 is 9.64 Å². The summed E-state index contributed by atoms with van der Waals surface area (Å²) in [6, 6.07) is 16.9. The molecule has 3 heterocycles. The summed E-state index contributed by atoms with van der Waals surface area (Å²) in [6.07, 6.45) is 5.25. The molecule has 6 nitrogen and oxygen atoms in total. The van der Waals surface area contributed by atoms with Gasteiger partial charge in [-0.3, -0.25) is 19.5 Å². The van der Waals surface area contributed by atoms with Crippen molar-refractivity contribution in [1.82, 2.24) is 14.8 Å². The van der Waals surface area contributed by atoms with Crippen molar-refractivity contribution in [3.05, 3.63) is 94.3 Å². The van der Waals surface area contributed by atoms with Gasteiger partial charge in [-0.2, -0.15) is 0 Å². The van der Waals surface area contributed by atoms with E-state index in [1.807, 2.05) is 23.1 Å². The number of rotatable bonds is 5.